The fraction of sp³-hybridized carbons (Fsp3) is 1.00. The van der Waals surface area contributed by atoms with Crippen LogP contribution in [0.5, 0.6) is 0 Å². The molecular weight excluding hydrogens is 166 g/mol. The first-order chi connectivity index (χ1) is 6.22. The van der Waals surface area contributed by atoms with E-state index in [4.69, 9.17) is 5.73 Å². The minimum atomic E-state index is -0.396. The highest BCUT2D eigenvalue weighted by atomic mass is 16.3. The van der Waals surface area contributed by atoms with Crippen LogP contribution in [0.25, 0.3) is 0 Å². The van der Waals surface area contributed by atoms with Crippen molar-refractivity contribution >= 4 is 0 Å². The summed E-state index contributed by atoms with van der Waals surface area (Å²) in [5, 5.41) is 12.6. The third kappa shape index (κ3) is 4.04. The average molecular weight is 187 g/mol. The number of rotatable bonds is 4. The minimum Gasteiger partial charge on any atom is -0.390 e. The number of nitrogens with two attached hydrogens (primary N) is 1. The quantitative estimate of drug-likeness (QED) is 0.528. The summed E-state index contributed by atoms with van der Waals surface area (Å²) in [5.74, 6) is 0. The normalized spacial score (nSPS) is 27.5. The van der Waals surface area contributed by atoms with Crippen molar-refractivity contribution in [3.8, 4) is 0 Å². The first kappa shape index (κ1) is 10.9. The zero-order valence-corrected chi connectivity index (χ0v) is 8.37. The Bertz CT molecular complexity index is 143. The number of piperidine rings is 1. The van der Waals surface area contributed by atoms with E-state index in [1.54, 1.807) is 0 Å². The number of aliphatic hydroxyl groups is 1. The largest absolute Gasteiger partial charge is 0.390 e. The Morgan fingerprint density at radius 3 is 3.08 bits per heavy atom. The standard InChI is InChI=1S/C9H21N3O/c1-12-4-2-3-8(7-12)11-6-9(13)5-10/h8-9,11,13H,2-7,10H2,1H3. The van der Waals surface area contributed by atoms with Crippen molar-refractivity contribution < 1.29 is 5.11 Å². The summed E-state index contributed by atoms with van der Waals surface area (Å²) in [5.41, 5.74) is 5.31. The summed E-state index contributed by atoms with van der Waals surface area (Å²) in [6.07, 6.45) is 2.06. The van der Waals surface area contributed by atoms with Gasteiger partial charge in [0.05, 0.1) is 6.10 Å². The number of likely N-dealkylation sites (tertiary alicyclic amines) is 1. The van der Waals surface area contributed by atoms with Gasteiger partial charge in [-0.3, -0.25) is 0 Å². The van der Waals surface area contributed by atoms with Crippen LogP contribution in [0.1, 0.15) is 12.8 Å². The minimum absolute atomic E-state index is 0.343. The van der Waals surface area contributed by atoms with Gasteiger partial charge in [0.2, 0.25) is 0 Å². The smallest absolute Gasteiger partial charge is 0.0786 e. The highest BCUT2D eigenvalue weighted by Crippen LogP contribution is 2.07. The Morgan fingerprint density at radius 1 is 1.69 bits per heavy atom. The maximum Gasteiger partial charge on any atom is 0.0786 e. The molecule has 1 rings (SSSR count). The molecule has 0 spiro atoms. The van der Waals surface area contributed by atoms with Gasteiger partial charge in [0, 0.05) is 25.7 Å². The first-order valence-electron chi connectivity index (χ1n) is 5.02. The molecule has 0 aromatic heterocycles. The van der Waals surface area contributed by atoms with Crippen LogP contribution in [0.4, 0.5) is 0 Å². The van der Waals surface area contributed by atoms with Crippen molar-refractivity contribution in [2.75, 3.05) is 33.2 Å². The van der Waals surface area contributed by atoms with E-state index >= 15 is 0 Å². The third-order valence-electron chi connectivity index (χ3n) is 2.54. The molecule has 0 amide bonds. The first-order valence-corrected chi connectivity index (χ1v) is 5.02. The van der Waals surface area contributed by atoms with E-state index in [9.17, 15) is 5.11 Å². The van der Waals surface area contributed by atoms with Gasteiger partial charge in [0.1, 0.15) is 0 Å². The van der Waals surface area contributed by atoms with E-state index in [0.29, 0.717) is 19.1 Å². The lowest BCUT2D eigenvalue weighted by Crippen LogP contribution is -2.47. The van der Waals surface area contributed by atoms with Crippen molar-refractivity contribution in [3.63, 3.8) is 0 Å². The molecule has 78 valence electrons. The van der Waals surface area contributed by atoms with Crippen LogP contribution >= 0.6 is 0 Å². The second kappa shape index (κ2) is 5.54. The SMILES string of the molecule is CN1CCCC(NCC(O)CN)C1. The summed E-state index contributed by atoms with van der Waals surface area (Å²) in [6, 6.07) is 0.528. The fourth-order valence-electron chi connectivity index (χ4n) is 1.72. The molecular formula is C9H21N3O. The Balaban J connectivity index is 2.13. The molecule has 1 saturated heterocycles. The number of nitrogens with zero attached hydrogens (tertiary/aromatic N) is 1. The highest BCUT2D eigenvalue weighted by Gasteiger charge is 2.16. The summed E-state index contributed by atoms with van der Waals surface area (Å²) >= 11 is 0. The summed E-state index contributed by atoms with van der Waals surface area (Å²) in [4.78, 5) is 2.32. The van der Waals surface area contributed by atoms with Crippen LogP contribution in [0.3, 0.4) is 0 Å². The Labute approximate surface area is 80.1 Å². The second-order valence-corrected chi connectivity index (χ2v) is 3.90. The monoisotopic (exact) mass is 187 g/mol. The van der Waals surface area contributed by atoms with E-state index in [-0.39, 0.29) is 0 Å². The molecule has 0 aromatic carbocycles. The van der Waals surface area contributed by atoms with Gasteiger partial charge in [0.25, 0.3) is 0 Å². The van der Waals surface area contributed by atoms with Crippen molar-refractivity contribution in [2.24, 2.45) is 5.73 Å². The topological polar surface area (TPSA) is 61.5 Å². The molecule has 4 heteroatoms. The van der Waals surface area contributed by atoms with Crippen LogP contribution in [0, 0.1) is 0 Å². The number of hydrogen-bond donors (Lipinski definition) is 3. The predicted octanol–water partition coefficient (Wildman–Crippen LogP) is -1.01. The molecule has 0 saturated carbocycles. The Hall–Kier alpha value is -0.160. The number of nitrogens with one attached hydrogen (secondary N) is 1. The van der Waals surface area contributed by atoms with Crippen LogP contribution in [0.15, 0.2) is 0 Å². The van der Waals surface area contributed by atoms with Crippen molar-refractivity contribution in [3.05, 3.63) is 0 Å². The molecule has 0 bridgehead atoms. The van der Waals surface area contributed by atoms with Crippen LogP contribution < -0.4 is 11.1 Å². The number of hydrogen-bond acceptors (Lipinski definition) is 4. The zero-order valence-electron chi connectivity index (χ0n) is 8.37. The Morgan fingerprint density at radius 2 is 2.46 bits per heavy atom. The molecule has 0 aromatic rings. The molecule has 1 fully saturated rings. The fourth-order valence-corrected chi connectivity index (χ4v) is 1.72. The summed E-state index contributed by atoms with van der Waals surface area (Å²) in [7, 11) is 2.13. The van der Waals surface area contributed by atoms with Gasteiger partial charge >= 0.3 is 0 Å². The molecule has 0 aliphatic carbocycles. The third-order valence-corrected chi connectivity index (χ3v) is 2.54. The lowest BCUT2D eigenvalue weighted by molar-refractivity contribution is 0.159. The van der Waals surface area contributed by atoms with Gasteiger partial charge in [-0.05, 0) is 26.4 Å². The predicted molar refractivity (Wildman–Crippen MR) is 53.6 cm³/mol. The van der Waals surface area contributed by atoms with E-state index in [0.717, 1.165) is 6.54 Å². The molecule has 2 atom stereocenters. The summed E-state index contributed by atoms with van der Waals surface area (Å²) in [6.45, 7) is 3.24. The molecule has 13 heavy (non-hydrogen) atoms. The zero-order chi connectivity index (χ0) is 9.68. The van der Waals surface area contributed by atoms with Crippen LogP contribution in [0.2, 0.25) is 0 Å². The Kier molecular flexibility index (Phi) is 4.66. The van der Waals surface area contributed by atoms with Gasteiger partial charge in [-0.15, -0.1) is 0 Å². The molecule has 2 unspecified atom stereocenters. The van der Waals surface area contributed by atoms with Crippen LogP contribution in [-0.2, 0) is 0 Å². The number of aliphatic hydroxyl groups excluding tert-OH is 1. The van der Waals surface area contributed by atoms with E-state index in [1.807, 2.05) is 0 Å². The van der Waals surface area contributed by atoms with Gasteiger partial charge in [-0.1, -0.05) is 0 Å². The van der Waals surface area contributed by atoms with E-state index in [2.05, 4.69) is 17.3 Å². The molecule has 0 radical (unpaired) electrons. The molecule has 1 aliphatic heterocycles. The molecule has 1 aliphatic rings. The van der Waals surface area contributed by atoms with E-state index < -0.39 is 6.10 Å². The van der Waals surface area contributed by atoms with Gasteiger partial charge in [-0.2, -0.15) is 0 Å². The lowest BCUT2D eigenvalue weighted by Gasteiger charge is -2.30. The average Bonchev–Trinajstić information content (AvgIpc) is 2.14. The molecule has 4 N–H and O–H groups in total. The van der Waals surface area contributed by atoms with Crippen LogP contribution in [-0.4, -0.2) is 55.4 Å². The second-order valence-electron chi connectivity index (χ2n) is 3.90. The van der Waals surface area contributed by atoms with E-state index in [1.165, 1.54) is 19.4 Å². The molecule has 1 heterocycles. The van der Waals surface area contributed by atoms with Gasteiger partial charge in [-0.25, -0.2) is 0 Å². The lowest BCUT2D eigenvalue weighted by atomic mass is 10.1. The van der Waals surface area contributed by atoms with Crippen molar-refractivity contribution in [1.29, 1.82) is 0 Å². The maximum absolute atomic E-state index is 9.25. The van der Waals surface area contributed by atoms with Crippen molar-refractivity contribution in [1.82, 2.24) is 10.2 Å². The number of likely N-dealkylation sites (N-methyl/N-ethyl adjacent to an activating group) is 1. The summed E-state index contributed by atoms with van der Waals surface area (Å²) < 4.78 is 0. The van der Waals surface area contributed by atoms with Crippen molar-refractivity contribution in [2.45, 2.75) is 25.0 Å². The molecule has 4 nitrogen and oxygen atoms in total. The maximum atomic E-state index is 9.25. The van der Waals surface area contributed by atoms with Gasteiger partial charge < -0.3 is 21.1 Å². The highest BCUT2D eigenvalue weighted by molar-refractivity contribution is 4.77. The van der Waals surface area contributed by atoms with Gasteiger partial charge in [0.15, 0.2) is 0 Å².